The molecule has 0 aliphatic carbocycles. The van der Waals surface area contributed by atoms with Crippen molar-refractivity contribution in [2.75, 3.05) is 0 Å². The Kier molecular flexibility index (Phi) is 0.858. The van der Waals surface area contributed by atoms with Crippen LogP contribution in [0.2, 0.25) is 0 Å². The van der Waals surface area contributed by atoms with Crippen molar-refractivity contribution in [2.45, 2.75) is 0 Å². The average Bonchev–Trinajstić information content (AvgIpc) is 2.36. The molecular weight excluding hydrogens is 132 g/mol. The molecule has 2 aromatic heterocycles. The predicted octanol–water partition coefficient (Wildman–Crippen LogP) is -0.935. The van der Waals surface area contributed by atoms with Gasteiger partial charge in [0.25, 0.3) is 5.65 Å². The molecule has 0 amide bonds. The number of hydrogen-bond donors (Lipinski definition) is 2. The molecule has 2 rings (SSSR count). The summed E-state index contributed by atoms with van der Waals surface area (Å²) >= 11 is 0. The van der Waals surface area contributed by atoms with Crippen molar-refractivity contribution in [3.8, 4) is 0 Å². The molecule has 0 saturated heterocycles. The number of aromatic amines is 3. The second-order valence-electron chi connectivity index (χ2n) is 1.92. The third-order valence-electron chi connectivity index (χ3n) is 1.30. The lowest BCUT2D eigenvalue weighted by Crippen LogP contribution is -2.14. The molecule has 0 saturated carbocycles. The highest BCUT2D eigenvalue weighted by Gasteiger charge is 2.03. The molecule has 50 valence electrons. The molecule has 5 heteroatoms. The van der Waals surface area contributed by atoms with Crippen molar-refractivity contribution in [3.05, 3.63) is 22.9 Å². The summed E-state index contributed by atoms with van der Waals surface area (Å²) in [6, 6.07) is 0. The molecule has 10 heavy (non-hydrogen) atoms. The van der Waals surface area contributed by atoms with Crippen LogP contribution in [0.1, 0.15) is 0 Å². The van der Waals surface area contributed by atoms with E-state index in [1.165, 1.54) is 12.5 Å². The lowest BCUT2D eigenvalue weighted by atomic mass is 10.4. The molecule has 2 heterocycles. The highest BCUT2D eigenvalue weighted by Crippen LogP contribution is 1.92. The molecule has 2 aromatic rings. The quantitative estimate of drug-likeness (QED) is 0.492. The first kappa shape index (κ1) is 5.16. The monoisotopic (exact) mass is 137 g/mol. The zero-order valence-corrected chi connectivity index (χ0v) is 5.01. The molecule has 0 fully saturated rings. The Hall–Kier alpha value is -1.65. The van der Waals surface area contributed by atoms with E-state index in [2.05, 4.69) is 20.2 Å². The average molecular weight is 137 g/mol. The first-order chi connectivity index (χ1) is 4.88. The van der Waals surface area contributed by atoms with Crippen LogP contribution in [0.4, 0.5) is 0 Å². The topological polar surface area (TPSA) is 75.7 Å². The van der Waals surface area contributed by atoms with Crippen LogP contribution in [0.3, 0.4) is 0 Å². The van der Waals surface area contributed by atoms with Crippen LogP contribution in [-0.4, -0.2) is 15.2 Å². The predicted molar refractivity (Wildman–Crippen MR) is 33.3 cm³/mol. The summed E-state index contributed by atoms with van der Waals surface area (Å²) in [5.41, 5.74) is 0.506. The summed E-state index contributed by atoms with van der Waals surface area (Å²) in [6.07, 6.45) is 2.94. The zero-order valence-electron chi connectivity index (χ0n) is 5.01. The van der Waals surface area contributed by atoms with Crippen molar-refractivity contribution >= 4 is 11.0 Å². The lowest BCUT2D eigenvalue weighted by Gasteiger charge is -1.76. The highest BCUT2D eigenvalue weighted by atomic mass is 16.1. The summed E-state index contributed by atoms with van der Waals surface area (Å²) in [6.45, 7) is 0. The Morgan fingerprint density at radius 3 is 3.30 bits per heavy atom. The maximum atomic E-state index is 10.9. The Labute approximate surface area is 55.1 Å². The highest BCUT2D eigenvalue weighted by molar-refractivity contribution is 5.68. The third kappa shape index (κ3) is 0.540. The number of nitrogens with zero attached hydrogens (tertiary/aromatic N) is 1. The Morgan fingerprint density at radius 1 is 1.60 bits per heavy atom. The second-order valence-corrected chi connectivity index (χ2v) is 1.92. The number of hydrogen-bond acceptors (Lipinski definition) is 2. The fourth-order valence-corrected chi connectivity index (χ4v) is 0.820. The summed E-state index contributed by atoms with van der Waals surface area (Å²) < 4.78 is 0. The van der Waals surface area contributed by atoms with Gasteiger partial charge in [0.15, 0.2) is 11.7 Å². The van der Waals surface area contributed by atoms with E-state index in [1.807, 2.05) is 0 Å². The molecule has 0 spiro atoms. The van der Waals surface area contributed by atoms with Gasteiger partial charge in [0.2, 0.25) is 0 Å². The summed E-state index contributed by atoms with van der Waals surface area (Å²) in [5, 5.41) is 6.86. The van der Waals surface area contributed by atoms with E-state index in [9.17, 15) is 4.79 Å². The van der Waals surface area contributed by atoms with Crippen LogP contribution in [0.5, 0.6) is 0 Å². The number of H-pyrrole nitrogens is 3. The fraction of sp³-hybridized carbons (Fsp3) is 0. The van der Waals surface area contributed by atoms with Gasteiger partial charge in [-0.05, 0) is 0 Å². The molecule has 0 atom stereocenters. The Morgan fingerprint density at radius 2 is 2.50 bits per heavy atom. The number of fused-ring (bicyclic) bond motifs is 1. The van der Waals surface area contributed by atoms with Gasteiger partial charge < -0.3 is 0 Å². The van der Waals surface area contributed by atoms with Crippen LogP contribution in [0.25, 0.3) is 11.0 Å². The van der Waals surface area contributed by atoms with E-state index < -0.39 is 0 Å². The molecule has 0 bridgehead atoms. The molecular formula is C5H5N4O+. The largest absolute Gasteiger partial charge is 0.319 e. The van der Waals surface area contributed by atoms with Crippen molar-refractivity contribution in [1.29, 1.82) is 0 Å². The number of rotatable bonds is 0. The van der Waals surface area contributed by atoms with E-state index >= 15 is 0 Å². The first-order valence-electron chi connectivity index (χ1n) is 2.80. The van der Waals surface area contributed by atoms with Crippen LogP contribution in [0.15, 0.2) is 17.3 Å². The summed E-state index contributed by atoms with van der Waals surface area (Å²) in [7, 11) is 0. The molecule has 0 radical (unpaired) electrons. The van der Waals surface area contributed by atoms with Gasteiger partial charge in [0.1, 0.15) is 0 Å². The number of aromatic nitrogens is 4. The summed E-state index contributed by atoms with van der Waals surface area (Å²) in [5.74, 6) is 0. The minimum atomic E-state index is -0.137. The van der Waals surface area contributed by atoms with Crippen molar-refractivity contribution in [3.63, 3.8) is 0 Å². The van der Waals surface area contributed by atoms with Crippen LogP contribution >= 0.6 is 0 Å². The normalized spacial score (nSPS) is 10.4. The lowest BCUT2D eigenvalue weighted by molar-refractivity contribution is -0.352. The molecule has 3 N–H and O–H groups in total. The zero-order chi connectivity index (χ0) is 6.97. The molecule has 0 unspecified atom stereocenters. The van der Waals surface area contributed by atoms with E-state index in [0.29, 0.717) is 11.0 Å². The van der Waals surface area contributed by atoms with Gasteiger partial charge >= 0.3 is 5.56 Å². The molecule has 0 aliphatic rings. The van der Waals surface area contributed by atoms with Gasteiger partial charge in [0.05, 0.1) is 6.20 Å². The first-order valence-corrected chi connectivity index (χ1v) is 2.80. The number of nitrogens with one attached hydrogen (secondary N) is 3. The van der Waals surface area contributed by atoms with Gasteiger partial charge in [-0.25, -0.2) is 4.98 Å². The van der Waals surface area contributed by atoms with Gasteiger partial charge in [-0.1, -0.05) is 0 Å². The van der Waals surface area contributed by atoms with Crippen molar-refractivity contribution in [2.24, 2.45) is 0 Å². The second kappa shape index (κ2) is 1.66. The SMILES string of the molecule is O=c1[nH]c[nH+]c2[nH]ncc12. The van der Waals surface area contributed by atoms with E-state index in [-0.39, 0.29) is 5.56 Å². The fourth-order valence-electron chi connectivity index (χ4n) is 0.820. The molecule has 0 aromatic carbocycles. The van der Waals surface area contributed by atoms with Crippen LogP contribution in [0, 0.1) is 0 Å². The Balaban J connectivity index is 3.09. The van der Waals surface area contributed by atoms with E-state index in [4.69, 9.17) is 0 Å². The van der Waals surface area contributed by atoms with Crippen molar-refractivity contribution < 1.29 is 4.98 Å². The van der Waals surface area contributed by atoms with Crippen molar-refractivity contribution in [1.82, 2.24) is 15.2 Å². The van der Waals surface area contributed by atoms with E-state index in [0.717, 1.165) is 0 Å². The maximum Gasteiger partial charge on any atom is 0.319 e. The van der Waals surface area contributed by atoms with Gasteiger partial charge in [-0.15, -0.1) is 5.10 Å². The Bertz CT molecular complexity index is 401. The standard InChI is InChI=1S/C5H4N4O/c10-5-3-1-8-9-4(3)6-2-7-5/h1-2H,(H2,6,7,8,9,10)/p+1. The maximum absolute atomic E-state index is 10.9. The minimum Gasteiger partial charge on any atom is -0.251 e. The third-order valence-corrected chi connectivity index (χ3v) is 1.30. The minimum absolute atomic E-state index is 0.137. The van der Waals surface area contributed by atoms with Crippen LogP contribution < -0.4 is 10.5 Å². The van der Waals surface area contributed by atoms with Gasteiger partial charge in [-0.3, -0.25) is 9.78 Å². The van der Waals surface area contributed by atoms with Crippen LogP contribution in [-0.2, 0) is 0 Å². The smallest absolute Gasteiger partial charge is 0.251 e. The molecule has 0 aliphatic heterocycles. The van der Waals surface area contributed by atoms with E-state index in [1.54, 1.807) is 0 Å². The summed E-state index contributed by atoms with van der Waals surface area (Å²) in [4.78, 5) is 16.2. The van der Waals surface area contributed by atoms with Gasteiger partial charge in [-0.2, -0.15) is 5.10 Å². The molecule has 5 nitrogen and oxygen atoms in total. The van der Waals surface area contributed by atoms with Gasteiger partial charge in [0, 0.05) is 0 Å².